The van der Waals surface area contributed by atoms with Crippen LogP contribution in [0.15, 0.2) is 82.4 Å². The van der Waals surface area contributed by atoms with Gasteiger partial charge in [-0.05, 0) is 43.3 Å². The SMILES string of the molecule is COc1ccccc1NC(=O)Cn1c(=O)n(-c2ccccc2)c(=O)c2c1c1cc(C)ccc1n2C. The van der Waals surface area contributed by atoms with E-state index in [0.29, 0.717) is 28.2 Å². The predicted molar refractivity (Wildman–Crippen MR) is 137 cm³/mol. The van der Waals surface area contributed by atoms with E-state index in [4.69, 9.17) is 4.74 Å². The lowest BCUT2D eigenvalue weighted by molar-refractivity contribution is -0.116. The normalized spacial score (nSPS) is 11.2. The molecule has 176 valence electrons. The van der Waals surface area contributed by atoms with Gasteiger partial charge in [-0.1, -0.05) is 42.0 Å². The molecule has 0 spiro atoms. The Kier molecular flexibility index (Phi) is 5.49. The molecule has 8 heteroatoms. The molecule has 5 rings (SSSR count). The van der Waals surface area contributed by atoms with Gasteiger partial charge in [-0.25, -0.2) is 9.36 Å². The number of methoxy groups -OCH3 is 1. The molecule has 35 heavy (non-hydrogen) atoms. The summed E-state index contributed by atoms with van der Waals surface area (Å²) in [5.74, 6) is 0.0919. The summed E-state index contributed by atoms with van der Waals surface area (Å²) in [5, 5.41) is 3.56. The van der Waals surface area contributed by atoms with Gasteiger partial charge in [-0.15, -0.1) is 0 Å². The average molecular weight is 469 g/mol. The molecule has 3 aromatic carbocycles. The molecule has 5 aromatic rings. The number of hydrogen-bond acceptors (Lipinski definition) is 4. The fourth-order valence-electron chi connectivity index (χ4n) is 4.50. The van der Waals surface area contributed by atoms with Crippen LogP contribution in [0.3, 0.4) is 0 Å². The Morgan fingerprint density at radius 3 is 2.40 bits per heavy atom. The Labute approximate surface area is 200 Å². The third-order valence-electron chi connectivity index (χ3n) is 6.12. The fraction of sp³-hybridized carbons (Fsp3) is 0.148. The highest BCUT2D eigenvalue weighted by Crippen LogP contribution is 2.27. The van der Waals surface area contributed by atoms with Gasteiger partial charge in [0.05, 0.1) is 29.5 Å². The number of para-hydroxylation sites is 3. The maximum Gasteiger partial charge on any atom is 0.336 e. The number of nitrogens with one attached hydrogen (secondary N) is 1. The van der Waals surface area contributed by atoms with Crippen molar-refractivity contribution in [2.24, 2.45) is 7.05 Å². The average Bonchev–Trinajstić information content (AvgIpc) is 3.14. The third kappa shape index (κ3) is 3.69. The molecule has 8 nitrogen and oxygen atoms in total. The molecule has 0 saturated carbocycles. The monoisotopic (exact) mass is 468 g/mol. The summed E-state index contributed by atoms with van der Waals surface area (Å²) in [6.07, 6.45) is 0. The molecule has 2 heterocycles. The van der Waals surface area contributed by atoms with Crippen LogP contribution in [0.25, 0.3) is 27.6 Å². The molecular weight excluding hydrogens is 444 g/mol. The molecule has 0 atom stereocenters. The van der Waals surface area contributed by atoms with Crippen LogP contribution >= 0.6 is 0 Å². The second-order valence-electron chi connectivity index (χ2n) is 8.37. The summed E-state index contributed by atoms with van der Waals surface area (Å²) in [6.45, 7) is 1.66. The predicted octanol–water partition coefficient (Wildman–Crippen LogP) is 3.60. The standard InChI is InChI=1S/C27H24N4O4/c1-17-13-14-21-19(15-17)24-25(29(21)2)26(33)31(18-9-5-4-6-10-18)27(34)30(24)16-23(32)28-20-11-7-8-12-22(20)35-3/h4-15H,16H2,1-3H3,(H,28,32). The summed E-state index contributed by atoms with van der Waals surface area (Å²) < 4.78 is 9.59. The van der Waals surface area contributed by atoms with Crippen LogP contribution in [0.2, 0.25) is 0 Å². The lowest BCUT2D eigenvalue weighted by Gasteiger charge is -2.14. The molecule has 0 fully saturated rings. The number of hydrogen-bond donors (Lipinski definition) is 1. The van der Waals surface area contributed by atoms with Crippen molar-refractivity contribution < 1.29 is 9.53 Å². The van der Waals surface area contributed by atoms with E-state index in [1.807, 2.05) is 31.2 Å². The Balaban J connectivity index is 1.77. The molecule has 0 aliphatic rings. The van der Waals surface area contributed by atoms with Gasteiger partial charge in [0.1, 0.15) is 17.8 Å². The van der Waals surface area contributed by atoms with E-state index in [0.717, 1.165) is 21.0 Å². The highest BCUT2D eigenvalue weighted by atomic mass is 16.5. The minimum absolute atomic E-state index is 0.284. The second kappa shape index (κ2) is 8.64. The van der Waals surface area contributed by atoms with E-state index in [1.165, 1.54) is 11.7 Å². The van der Waals surface area contributed by atoms with Crippen LogP contribution < -0.4 is 21.3 Å². The Hall–Kier alpha value is -4.59. The number of amides is 1. The van der Waals surface area contributed by atoms with Crippen molar-refractivity contribution >= 4 is 33.5 Å². The van der Waals surface area contributed by atoms with Crippen molar-refractivity contribution in [3.63, 3.8) is 0 Å². The lowest BCUT2D eigenvalue weighted by Crippen LogP contribution is -2.41. The summed E-state index contributed by atoms with van der Waals surface area (Å²) in [6, 6.07) is 21.6. The molecule has 2 aromatic heterocycles. The fourth-order valence-corrected chi connectivity index (χ4v) is 4.50. The molecule has 0 bridgehead atoms. The Morgan fingerprint density at radius 1 is 0.943 bits per heavy atom. The van der Waals surface area contributed by atoms with Crippen LogP contribution in [0.1, 0.15) is 5.56 Å². The smallest absolute Gasteiger partial charge is 0.336 e. The van der Waals surface area contributed by atoms with Gasteiger partial charge in [0, 0.05) is 12.4 Å². The first-order valence-corrected chi connectivity index (χ1v) is 11.1. The summed E-state index contributed by atoms with van der Waals surface area (Å²) >= 11 is 0. The van der Waals surface area contributed by atoms with E-state index in [9.17, 15) is 14.4 Å². The van der Waals surface area contributed by atoms with Crippen molar-refractivity contribution in [1.29, 1.82) is 0 Å². The van der Waals surface area contributed by atoms with Crippen molar-refractivity contribution in [1.82, 2.24) is 13.7 Å². The van der Waals surface area contributed by atoms with Gasteiger partial charge >= 0.3 is 5.69 Å². The first-order chi connectivity index (χ1) is 16.9. The van der Waals surface area contributed by atoms with E-state index >= 15 is 0 Å². The van der Waals surface area contributed by atoms with Crippen molar-refractivity contribution in [3.05, 3.63) is 99.2 Å². The number of carbonyl (C=O) groups excluding carboxylic acids is 1. The maximum absolute atomic E-state index is 13.8. The topological polar surface area (TPSA) is 87.3 Å². The molecule has 1 amide bonds. The van der Waals surface area contributed by atoms with Crippen molar-refractivity contribution in [2.75, 3.05) is 12.4 Å². The van der Waals surface area contributed by atoms with Gasteiger partial charge in [-0.3, -0.25) is 14.2 Å². The molecule has 0 saturated heterocycles. The first-order valence-electron chi connectivity index (χ1n) is 11.1. The zero-order chi connectivity index (χ0) is 24.7. The Morgan fingerprint density at radius 2 is 1.66 bits per heavy atom. The first kappa shape index (κ1) is 22.2. The van der Waals surface area contributed by atoms with Crippen LogP contribution in [-0.4, -0.2) is 26.7 Å². The maximum atomic E-state index is 13.8. The van der Waals surface area contributed by atoms with E-state index in [-0.39, 0.29) is 6.54 Å². The number of fused-ring (bicyclic) bond motifs is 3. The van der Waals surface area contributed by atoms with Crippen molar-refractivity contribution in [2.45, 2.75) is 13.5 Å². The van der Waals surface area contributed by atoms with Gasteiger partial charge in [0.15, 0.2) is 0 Å². The molecule has 0 radical (unpaired) electrons. The minimum atomic E-state index is -0.585. The van der Waals surface area contributed by atoms with Gasteiger partial charge in [0.25, 0.3) is 5.56 Å². The van der Waals surface area contributed by atoms with E-state index in [1.54, 1.807) is 60.1 Å². The number of rotatable bonds is 5. The summed E-state index contributed by atoms with van der Waals surface area (Å²) in [4.78, 5) is 40.6. The number of anilines is 1. The number of aryl methyl sites for hydroxylation is 2. The molecule has 1 N–H and O–H groups in total. The highest BCUT2D eigenvalue weighted by molar-refractivity contribution is 6.06. The highest BCUT2D eigenvalue weighted by Gasteiger charge is 2.22. The molecular formula is C27H24N4O4. The zero-order valence-electron chi connectivity index (χ0n) is 19.6. The van der Waals surface area contributed by atoms with Crippen LogP contribution in [-0.2, 0) is 18.4 Å². The lowest BCUT2D eigenvalue weighted by atomic mass is 10.1. The zero-order valence-corrected chi connectivity index (χ0v) is 19.6. The quantitative estimate of drug-likeness (QED) is 0.427. The number of benzene rings is 3. The van der Waals surface area contributed by atoms with Crippen LogP contribution in [0, 0.1) is 6.92 Å². The number of nitrogens with zero attached hydrogens (tertiary/aromatic N) is 3. The van der Waals surface area contributed by atoms with Gasteiger partial charge in [-0.2, -0.15) is 0 Å². The van der Waals surface area contributed by atoms with Gasteiger partial charge < -0.3 is 14.6 Å². The minimum Gasteiger partial charge on any atom is -0.495 e. The summed E-state index contributed by atoms with van der Waals surface area (Å²) in [5.41, 5.74) is 2.47. The third-order valence-corrected chi connectivity index (χ3v) is 6.12. The van der Waals surface area contributed by atoms with Crippen molar-refractivity contribution in [3.8, 4) is 11.4 Å². The molecule has 0 aliphatic carbocycles. The number of aromatic nitrogens is 3. The Bertz CT molecular complexity index is 1710. The molecule has 0 unspecified atom stereocenters. The molecule has 0 aliphatic heterocycles. The summed E-state index contributed by atoms with van der Waals surface area (Å²) in [7, 11) is 3.31. The van der Waals surface area contributed by atoms with E-state index in [2.05, 4.69) is 5.32 Å². The second-order valence-corrected chi connectivity index (χ2v) is 8.37. The van der Waals surface area contributed by atoms with Crippen LogP contribution in [0.5, 0.6) is 5.75 Å². The van der Waals surface area contributed by atoms with Gasteiger partial charge in [0.2, 0.25) is 5.91 Å². The largest absolute Gasteiger partial charge is 0.495 e. The van der Waals surface area contributed by atoms with E-state index < -0.39 is 17.2 Å². The number of carbonyl (C=O) groups is 1. The van der Waals surface area contributed by atoms with Crippen LogP contribution in [0.4, 0.5) is 5.69 Å². The number of ether oxygens (including phenoxy) is 1.